The first-order valence-electron chi connectivity index (χ1n) is 9.02. The number of rotatable bonds is 3. The zero-order valence-corrected chi connectivity index (χ0v) is 16.9. The summed E-state index contributed by atoms with van der Waals surface area (Å²) >= 11 is 7.27. The third-order valence-corrected chi connectivity index (χ3v) is 6.03. The van der Waals surface area contributed by atoms with E-state index in [0.29, 0.717) is 20.7 Å². The summed E-state index contributed by atoms with van der Waals surface area (Å²) in [6.45, 7) is 3.15. The van der Waals surface area contributed by atoms with Gasteiger partial charge >= 0.3 is 0 Å². The summed E-state index contributed by atoms with van der Waals surface area (Å²) in [5, 5.41) is 12.3. The van der Waals surface area contributed by atoms with Crippen LogP contribution in [0.15, 0.2) is 58.4 Å². The molecule has 0 saturated carbocycles. The van der Waals surface area contributed by atoms with Crippen molar-refractivity contribution in [2.45, 2.75) is 0 Å². The summed E-state index contributed by atoms with van der Waals surface area (Å²) in [4.78, 5) is 31.8. The molecule has 9 heteroatoms. The van der Waals surface area contributed by atoms with Gasteiger partial charge in [-0.1, -0.05) is 23.7 Å². The normalized spacial score (nSPS) is 18.3. The van der Waals surface area contributed by atoms with Gasteiger partial charge in [0, 0.05) is 49.0 Å². The van der Waals surface area contributed by atoms with E-state index < -0.39 is 4.92 Å². The van der Waals surface area contributed by atoms with Crippen LogP contribution in [0, 0.1) is 10.1 Å². The van der Waals surface area contributed by atoms with E-state index in [1.54, 1.807) is 18.2 Å². The third kappa shape index (κ3) is 4.44. The number of hydrogen-bond donors (Lipinski definition) is 0. The van der Waals surface area contributed by atoms with E-state index in [1.165, 1.54) is 23.9 Å². The van der Waals surface area contributed by atoms with Gasteiger partial charge in [-0.25, -0.2) is 0 Å². The Kier molecular flexibility index (Phi) is 5.55. The summed E-state index contributed by atoms with van der Waals surface area (Å²) in [5.74, 6) is -0.309. The molecular weight excluding hydrogens is 412 g/mol. The number of halogens is 1. The highest BCUT2D eigenvalue weighted by molar-refractivity contribution is 8.18. The molecule has 0 bridgehead atoms. The second kappa shape index (κ2) is 8.26. The molecule has 0 N–H and O–H groups in total. The highest BCUT2D eigenvalue weighted by Crippen LogP contribution is 2.31. The van der Waals surface area contributed by atoms with Crippen LogP contribution in [0.4, 0.5) is 11.4 Å². The Labute approximate surface area is 176 Å². The first-order valence-corrected chi connectivity index (χ1v) is 10.2. The molecule has 7 nitrogen and oxygen atoms in total. The molecule has 1 amide bonds. The molecule has 2 aliphatic heterocycles. The Balaban J connectivity index is 1.41. The fourth-order valence-electron chi connectivity index (χ4n) is 3.22. The maximum Gasteiger partial charge on any atom is 0.286 e. The monoisotopic (exact) mass is 428 g/mol. The highest BCUT2D eigenvalue weighted by atomic mass is 35.5. The molecule has 0 unspecified atom stereocenters. The third-order valence-electron chi connectivity index (χ3n) is 4.73. The SMILES string of the molecule is O=C1N=C(N2CCN(c3ccc(Cl)cc3)CC2)S/C1=C/c1cccc([N+](=O)[O-])c1. The molecule has 1 saturated heterocycles. The Hall–Kier alpha value is -2.84. The van der Waals surface area contributed by atoms with Gasteiger partial charge in [-0.15, -0.1) is 0 Å². The lowest BCUT2D eigenvalue weighted by Gasteiger charge is -2.36. The van der Waals surface area contributed by atoms with Crippen molar-refractivity contribution in [2.24, 2.45) is 4.99 Å². The molecule has 0 radical (unpaired) electrons. The van der Waals surface area contributed by atoms with Gasteiger partial charge in [0.2, 0.25) is 0 Å². The molecule has 2 aromatic rings. The van der Waals surface area contributed by atoms with Crippen LogP contribution in [0.1, 0.15) is 5.56 Å². The number of amides is 1. The first kappa shape index (κ1) is 19.5. The van der Waals surface area contributed by atoms with Crippen molar-refractivity contribution in [1.29, 1.82) is 0 Å². The second-order valence-corrected chi connectivity index (χ2v) is 8.06. The number of anilines is 1. The average Bonchev–Trinajstić information content (AvgIpc) is 3.09. The molecule has 2 heterocycles. The van der Waals surface area contributed by atoms with Gasteiger partial charge in [-0.3, -0.25) is 14.9 Å². The van der Waals surface area contributed by atoms with E-state index in [9.17, 15) is 14.9 Å². The van der Waals surface area contributed by atoms with Crippen molar-refractivity contribution in [1.82, 2.24) is 4.90 Å². The largest absolute Gasteiger partial charge is 0.368 e. The molecular formula is C20H17ClN4O3S. The Morgan fingerprint density at radius 3 is 2.45 bits per heavy atom. The maximum atomic E-state index is 12.3. The number of nitrogens with zero attached hydrogens (tertiary/aromatic N) is 4. The van der Waals surface area contributed by atoms with Crippen LogP contribution in [0.2, 0.25) is 5.02 Å². The molecule has 0 aromatic heterocycles. The molecule has 0 spiro atoms. The number of nitro benzene ring substituents is 1. The first-order chi connectivity index (χ1) is 14.0. The standard InChI is InChI=1S/C20H17ClN4O3S/c21-15-4-6-16(7-5-15)23-8-10-24(11-9-23)20-22-19(26)18(29-20)13-14-2-1-3-17(12-14)25(27)28/h1-7,12-13H,8-11H2/b18-13+. The maximum absolute atomic E-state index is 12.3. The predicted octanol–water partition coefficient (Wildman–Crippen LogP) is 4.04. The van der Waals surface area contributed by atoms with Gasteiger partial charge in [0.25, 0.3) is 11.6 Å². The number of non-ortho nitro benzene ring substituents is 1. The number of nitro groups is 1. The number of carbonyl (C=O) groups is 1. The molecule has 1 fully saturated rings. The van der Waals surface area contributed by atoms with Crippen molar-refractivity contribution in [2.75, 3.05) is 31.1 Å². The fraction of sp³-hybridized carbons (Fsp3) is 0.200. The van der Waals surface area contributed by atoms with Crippen LogP contribution in [0.3, 0.4) is 0 Å². The molecule has 0 atom stereocenters. The zero-order valence-electron chi connectivity index (χ0n) is 15.3. The lowest BCUT2D eigenvalue weighted by Crippen LogP contribution is -2.47. The topological polar surface area (TPSA) is 79.0 Å². The van der Waals surface area contributed by atoms with Crippen LogP contribution >= 0.6 is 23.4 Å². The van der Waals surface area contributed by atoms with Crippen LogP contribution < -0.4 is 4.90 Å². The second-order valence-electron chi connectivity index (χ2n) is 6.61. The number of piperazine rings is 1. The predicted molar refractivity (Wildman–Crippen MR) is 116 cm³/mol. The summed E-state index contributed by atoms with van der Waals surface area (Å²) in [6.07, 6.45) is 1.65. The summed E-state index contributed by atoms with van der Waals surface area (Å²) < 4.78 is 0. The van der Waals surface area contributed by atoms with Gasteiger partial charge in [0.15, 0.2) is 5.17 Å². The van der Waals surface area contributed by atoms with Crippen molar-refractivity contribution >= 4 is 51.9 Å². The lowest BCUT2D eigenvalue weighted by molar-refractivity contribution is -0.384. The quantitative estimate of drug-likeness (QED) is 0.417. The Morgan fingerprint density at radius 1 is 1.07 bits per heavy atom. The zero-order chi connectivity index (χ0) is 20.4. The molecule has 2 aromatic carbocycles. The smallest absolute Gasteiger partial charge is 0.286 e. The fourth-order valence-corrected chi connectivity index (χ4v) is 4.31. The van der Waals surface area contributed by atoms with E-state index in [4.69, 9.17) is 11.6 Å². The summed E-state index contributed by atoms with van der Waals surface area (Å²) in [7, 11) is 0. The molecule has 148 valence electrons. The van der Waals surface area contributed by atoms with Crippen LogP contribution in [0.25, 0.3) is 6.08 Å². The number of aliphatic imine (C=N–C) groups is 1. The van der Waals surface area contributed by atoms with Gasteiger partial charge < -0.3 is 9.80 Å². The van der Waals surface area contributed by atoms with E-state index in [-0.39, 0.29) is 11.6 Å². The Morgan fingerprint density at radius 2 is 1.76 bits per heavy atom. The van der Waals surface area contributed by atoms with Gasteiger partial charge in [0.05, 0.1) is 9.83 Å². The minimum atomic E-state index is -0.451. The van der Waals surface area contributed by atoms with E-state index in [1.807, 2.05) is 24.3 Å². The van der Waals surface area contributed by atoms with Crippen molar-refractivity contribution < 1.29 is 9.72 Å². The minimum absolute atomic E-state index is 0.00532. The van der Waals surface area contributed by atoms with Gasteiger partial charge in [-0.2, -0.15) is 4.99 Å². The number of benzene rings is 2. The van der Waals surface area contributed by atoms with Crippen molar-refractivity contribution in [3.05, 3.63) is 74.1 Å². The van der Waals surface area contributed by atoms with Gasteiger partial charge in [-0.05, 0) is 47.7 Å². The van der Waals surface area contributed by atoms with Crippen LogP contribution in [-0.2, 0) is 4.79 Å². The molecule has 29 heavy (non-hydrogen) atoms. The number of carbonyl (C=O) groups excluding carboxylic acids is 1. The van der Waals surface area contributed by atoms with Crippen LogP contribution in [-0.4, -0.2) is 47.1 Å². The van der Waals surface area contributed by atoms with E-state index >= 15 is 0 Å². The molecule has 0 aliphatic carbocycles. The number of hydrogen-bond acceptors (Lipinski definition) is 6. The lowest BCUT2D eigenvalue weighted by atomic mass is 10.2. The minimum Gasteiger partial charge on any atom is -0.368 e. The number of amidine groups is 1. The summed E-state index contributed by atoms with van der Waals surface area (Å²) in [6, 6.07) is 14.0. The molecule has 4 rings (SSSR count). The van der Waals surface area contributed by atoms with E-state index in [2.05, 4.69) is 14.8 Å². The number of thioether (sulfide) groups is 1. The van der Waals surface area contributed by atoms with Gasteiger partial charge in [0.1, 0.15) is 0 Å². The van der Waals surface area contributed by atoms with Crippen molar-refractivity contribution in [3.8, 4) is 0 Å². The van der Waals surface area contributed by atoms with E-state index in [0.717, 1.165) is 31.9 Å². The van der Waals surface area contributed by atoms with Crippen molar-refractivity contribution in [3.63, 3.8) is 0 Å². The Bertz CT molecular complexity index is 1010. The van der Waals surface area contributed by atoms with Crippen LogP contribution in [0.5, 0.6) is 0 Å². The highest BCUT2D eigenvalue weighted by Gasteiger charge is 2.28. The molecule has 2 aliphatic rings. The summed E-state index contributed by atoms with van der Waals surface area (Å²) in [5.41, 5.74) is 1.73. The average molecular weight is 429 g/mol.